The first-order chi connectivity index (χ1) is 6.59. The average molecular weight is 191 g/mol. The molecular formula is C10H9NO3. The molecule has 0 aliphatic carbocycles. The third-order valence-corrected chi connectivity index (χ3v) is 2.09. The van der Waals surface area contributed by atoms with E-state index in [0.717, 1.165) is 6.07 Å². The van der Waals surface area contributed by atoms with Crippen molar-refractivity contribution >= 4 is 16.5 Å². The van der Waals surface area contributed by atoms with Crippen molar-refractivity contribution in [2.24, 2.45) is 0 Å². The van der Waals surface area contributed by atoms with E-state index in [1.165, 1.54) is 12.1 Å². The van der Waals surface area contributed by atoms with Crippen molar-refractivity contribution in [2.75, 3.05) is 5.73 Å². The number of nitrogen functional groups attached to an aromatic ring is 1. The van der Waals surface area contributed by atoms with E-state index in [9.17, 15) is 15.3 Å². The molecule has 5 N–H and O–H groups in total. The largest absolute Gasteiger partial charge is 0.508 e. The van der Waals surface area contributed by atoms with E-state index in [1.54, 1.807) is 6.07 Å². The molecule has 2 rings (SSSR count). The zero-order chi connectivity index (χ0) is 10.3. The van der Waals surface area contributed by atoms with Crippen LogP contribution in [0.5, 0.6) is 17.2 Å². The minimum Gasteiger partial charge on any atom is -0.508 e. The van der Waals surface area contributed by atoms with Crippen LogP contribution in [0.1, 0.15) is 0 Å². The Kier molecular flexibility index (Phi) is 1.64. The smallest absolute Gasteiger partial charge is 0.150 e. The Morgan fingerprint density at radius 2 is 1.71 bits per heavy atom. The fraction of sp³-hybridized carbons (Fsp3) is 0. The van der Waals surface area contributed by atoms with Crippen LogP contribution in [-0.4, -0.2) is 15.3 Å². The molecule has 0 aliphatic heterocycles. The van der Waals surface area contributed by atoms with E-state index in [0.29, 0.717) is 5.39 Å². The van der Waals surface area contributed by atoms with Crippen LogP contribution in [0.2, 0.25) is 0 Å². The summed E-state index contributed by atoms with van der Waals surface area (Å²) in [7, 11) is 0. The minimum atomic E-state index is -0.190. The molecule has 0 atom stereocenters. The van der Waals surface area contributed by atoms with Crippen molar-refractivity contribution in [1.82, 2.24) is 0 Å². The molecule has 0 aliphatic rings. The number of anilines is 1. The molecule has 0 bridgehead atoms. The van der Waals surface area contributed by atoms with Crippen LogP contribution in [0.3, 0.4) is 0 Å². The van der Waals surface area contributed by atoms with Gasteiger partial charge < -0.3 is 21.1 Å². The molecule has 2 aromatic rings. The Morgan fingerprint density at radius 1 is 1.00 bits per heavy atom. The SMILES string of the molecule is Nc1ccc2cc(O)cc(O)c2c1O. The third-order valence-electron chi connectivity index (χ3n) is 2.09. The first-order valence-electron chi connectivity index (χ1n) is 4.02. The minimum absolute atomic E-state index is 0.0563. The van der Waals surface area contributed by atoms with Crippen LogP contribution in [-0.2, 0) is 0 Å². The van der Waals surface area contributed by atoms with E-state index < -0.39 is 0 Å². The van der Waals surface area contributed by atoms with Crippen molar-refractivity contribution in [2.45, 2.75) is 0 Å². The number of rotatable bonds is 0. The van der Waals surface area contributed by atoms with E-state index in [4.69, 9.17) is 5.73 Å². The molecule has 0 heterocycles. The fourth-order valence-corrected chi connectivity index (χ4v) is 1.43. The highest BCUT2D eigenvalue weighted by atomic mass is 16.3. The molecule has 0 saturated heterocycles. The standard InChI is InChI=1S/C10H9NO3/c11-7-2-1-5-3-6(12)4-8(13)9(5)10(7)14/h1-4,12-14H,11H2. The van der Waals surface area contributed by atoms with Crippen LogP contribution in [0.25, 0.3) is 10.8 Å². The first kappa shape index (κ1) is 8.50. The second kappa shape index (κ2) is 2.70. The van der Waals surface area contributed by atoms with Gasteiger partial charge in [-0.1, -0.05) is 6.07 Å². The van der Waals surface area contributed by atoms with Crippen molar-refractivity contribution in [1.29, 1.82) is 0 Å². The number of benzene rings is 2. The monoisotopic (exact) mass is 191 g/mol. The summed E-state index contributed by atoms with van der Waals surface area (Å²) in [6, 6.07) is 5.72. The molecular weight excluding hydrogens is 182 g/mol. The maximum Gasteiger partial charge on any atom is 0.150 e. The molecule has 4 heteroatoms. The fourth-order valence-electron chi connectivity index (χ4n) is 1.43. The molecule has 72 valence electrons. The lowest BCUT2D eigenvalue weighted by Gasteiger charge is -2.06. The highest BCUT2D eigenvalue weighted by Gasteiger charge is 2.09. The molecule has 2 aromatic carbocycles. The number of phenols is 3. The van der Waals surface area contributed by atoms with Gasteiger partial charge in [0.1, 0.15) is 17.2 Å². The summed E-state index contributed by atoms with van der Waals surface area (Å²) in [5.41, 5.74) is 5.66. The van der Waals surface area contributed by atoms with Crippen LogP contribution >= 0.6 is 0 Å². The summed E-state index contributed by atoms with van der Waals surface area (Å²) in [5.74, 6) is -0.413. The van der Waals surface area contributed by atoms with Crippen molar-refractivity contribution in [3.8, 4) is 17.2 Å². The van der Waals surface area contributed by atoms with Gasteiger partial charge in [0.15, 0.2) is 0 Å². The summed E-state index contributed by atoms with van der Waals surface area (Å²) in [5, 5.41) is 29.0. The second-order valence-corrected chi connectivity index (χ2v) is 3.07. The predicted octanol–water partition coefficient (Wildman–Crippen LogP) is 1.54. The highest BCUT2D eigenvalue weighted by molar-refractivity contribution is 5.97. The topological polar surface area (TPSA) is 86.7 Å². The molecule has 0 amide bonds. The lowest BCUT2D eigenvalue weighted by atomic mass is 10.1. The Balaban J connectivity index is 2.95. The summed E-state index contributed by atoms with van der Waals surface area (Å²) < 4.78 is 0. The first-order valence-corrected chi connectivity index (χ1v) is 4.02. The molecule has 0 aromatic heterocycles. The molecule has 0 saturated carbocycles. The van der Waals surface area contributed by atoms with Gasteiger partial charge in [0.2, 0.25) is 0 Å². The summed E-state index contributed by atoms with van der Waals surface area (Å²) in [6.07, 6.45) is 0. The molecule has 0 fully saturated rings. The van der Waals surface area contributed by atoms with E-state index in [-0.39, 0.29) is 28.3 Å². The Morgan fingerprint density at radius 3 is 2.43 bits per heavy atom. The van der Waals surface area contributed by atoms with Crippen molar-refractivity contribution in [3.05, 3.63) is 24.3 Å². The van der Waals surface area contributed by atoms with E-state index >= 15 is 0 Å². The van der Waals surface area contributed by atoms with Gasteiger partial charge in [-0.3, -0.25) is 0 Å². The van der Waals surface area contributed by atoms with Gasteiger partial charge in [-0.2, -0.15) is 0 Å². The Bertz CT molecular complexity index is 508. The van der Waals surface area contributed by atoms with Crippen LogP contribution < -0.4 is 5.73 Å². The van der Waals surface area contributed by atoms with Crippen molar-refractivity contribution < 1.29 is 15.3 Å². The Hall–Kier alpha value is -2.10. The van der Waals surface area contributed by atoms with Crippen LogP contribution in [0, 0.1) is 0 Å². The normalized spacial score (nSPS) is 10.6. The second-order valence-electron chi connectivity index (χ2n) is 3.07. The number of hydrogen-bond acceptors (Lipinski definition) is 4. The zero-order valence-corrected chi connectivity index (χ0v) is 7.23. The number of nitrogens with two attached hydrogens (primary N) is 1. The van der Waals surface area contributed by atoms with Crippen molar-refractivity contribution in [3.63, 3.8) is 0 Å². The lowest BCUT2D eigenvalue weighted by molar-refractivity contribution is 0.450. The maximum atomic E-state index is 9.56. The van der Waals surface area contributed by atoms with Gasteiger partial charge in [-0.15, -0.1) is 0 Å². The Labute approximate surface area is 79.8 Å². The summed E-state index contributed by atoms with van der Waals surface area (Å²) in [4.78, 5) is 0. The number of aromatic hydroxyl groups is 3. The number of fused-ring (bicyclic) bond motifs is 1. The average Bonchev–Trinajstić information content (AvgIpc) is 2.10. The van der Waals surface area contributed by atoms with Gasteiger partial charge in [-0.05, 0) is 17.5 Å². The molecule has 4 nitrogen and oxygen atoms in total. The van der Waals surface area contributed by atoms with Gasteiger partial charge in [0.05, 0.1) is 11.1 Å². The molecule has 14 heavy (non-hydrogen) atoms. The predicted molar refractivity (Wildman–Crippen MR) is 53.4 cm³/mol. The van der Waals surface area contributed by atoms with Crippen LogP contribution in [0.4, 0.5) is 5.69 Å². The lowest BCUT2D eigenvalue weighted by Crippen LogP contribution is -1.86. The van der Waals surface area contributed by atoms with Gasteiger partial charge in [0.25, 0.3) is 0 Å². The molecule has 0 spiro atoms. The highest BCUT2D eigenvalue weighted by Crippen LogP contribution is 2.38. The third kappa shape index (κ3) is 1.08. The quantitative estimate of drug-likeness (QED) is 0.375. The summed E-state index contributed by atoms with van der Waals surface area (Å²) >= 11 is 0. The maximum absolute atomic E-state index is 9.56. The summed E-state index contributed by atoms with van der Waals surface area (Å²) in [6.45, 7) is 0. The zero-order valence-electron chi connectivity index (χ0n) is 7.23. The number of phenolic OH excluding ortho intramolecular Hbond substituents is 3. The number of hydrogen-bond donors (Lipinski definition) is 4. The van der Waals surface area contributed by atoms with Gasteiger partial charge in [-0.25, -0.2) is 0 Å². The molecule has 0 unspecified atom stereocenters. The van der Waals surface area contributed by atoms with Crippen LogP contribution in [0.15, 0.2) is 24.3 Å². The van der Waals surface area contributed by atoms with Gasteiger partial charge >= 0.3 is 0 Å². The van der Waals surface area contributed by atoms with E-state index in [2.05, 4.69) is 0 Å². The molecule has 0 radical (unpaired) electrons. The van der Waals surface area contributed by atoms with E-state index in [1.807, 2.05) is 0 Å². The van der Waals surface area contributed by atoms with Gasteiger partial charge in [0, 0.05) is 6.07 Å².